The van der Waals surface area contributed by atoms with Gasteiger partial charge in [-0.2, -0.15) is 0 Å². The first-order valence-corrected chi connectivity index (χ1v) is 38.7. The van der Waals surface area contributed by atoms with Crippen molar-refractivity contribution in [1.82, 2.24) is 0 Å². The molecule has 9 nitrogen and oxygen atoms in total. The molecule has 0 spiro atoms. The van der Waals surface area contributed by atoms with Gasteiger partial charge in [0.2, 0.25) is 0 Å². The van der Waals surface area contributed by atoms with E-state index in [0.717, 1.165) is 103 Å². The van der Waals surface area contributed by atoms with E-state index in [9.17, 15) is 19.5 Å². The number of hydrogen-bond acceptors (Lipinski definition) is 7. The Bertz CT molecular complexity index is 1950. The van der Waals surface area contributed by atoms with Crippen molar-refractivity contribution in [1.29, 1.82) is 0 Å². The highest BCUT2D eigenvalue weighted by molar-refractivity contribution is 5.71. The van der Waals surface area contributed by atoms with Crippen molar-refractivity contribution in [2.45, 2.75) is 347 Å². The molecule has 93 heavy (non-hydrogen) atoms. The van der Waals surface area contributed by atoms with E-state index >= 15 is 0 Å². The lowest BCUT2D eigenvalue weighted by Gasteiger charge is -2.25. The van der Waals surface area contributed by atoms with Gasteiger partial charge in [-0.15, -0.1) is 0 Å². The molecule has 0 aromatic carbocycles. The molecule has 0 heterocycles. The van der Waals surface area contributed by atoms with E-state index in [1.165, 1.54) is 199 Å². The minimum Gasteiger partial charge on any atom is -0.477 e. The number of nitrogens with zero attached hydrogens (tertiary/aromatic N) is 1. The first-order valence-electron chi connectivity index (χ1n) is 38.7. The number of esters is 2. The van der Waals surface area contributed by atoms with E-state index in [2.05, 4.69) is 135 Å². The third-order valence-corrected chi connectivity index (χ3v) is 16.7. The quantitative estimate of drug-likeness (QED) is 0.0211. The Labute approximate surface area is 574 Å². The van der Waals surface area contributed by atoms with E-state index in [4.69, 9.17) is 18.9 Å². The fraction of sp³-hybridized carbons (Fsp3) is 0.726. The topological polar surface area (TPSA) is 108 Å². The first-order chi connectivity index (χ1) is 45.6. The fourth-order valence-corrected chi connectivity index (χ4v) is 10.8. The number of allylic oxidation sites excluding steroid dienone is 20. The van der Waals surface area contributed by atoms with Gasteiger partial charge >= 0.3 is 17.9 Å². The van der Waals surface area contributed by atoms with Crippen LogP contribution in [0, 0.1) is 0 Å². The van der Waals surface area contributed by atoms with Gasteiger partial charge in [0.1, 0.15) is 13.2 Å². The highest BCUT2D eigenvalue weighted by Crippen LogP contribution is 2.18. The molecule has 2 unspecified atom stereocenters. The molecule has 0 saturated heterocycles. The Morgan fingerprint density at radius 2 is 0.613 bits per heavy atom. The molecule has 0 aromatic heterocycles. The molecule has 0 aliphatic rings. The Balaban J connectivity index is 4.09. The van der Waals surface area contributed by atoms with Crippen molar-refractivity contribution >= 4 is 17.9 Å². The number of ether oxygens (including phenoxy) is 4. The number of carboxylic acids is 1. The van der Waals surface area contributed by atoms with Crippen LogP contribution in [0.2, 0.25) is 0 Å². The standard InChI is InChI=1S/C84H145NO8/c1-6-8-10-12-14-16-18-20-22-24-26-28-30-32-34-36-37-38-39-40-41-42-43-44-45-47-49-51-53-55-57-59-61-63-65-67-69-71-73-75-82(87)93-80(79-92-84(83(88)89)90-77-76-85(3,4)5)78-91-81(86)74-72-70-68-66-64-62-60-58-56-54-52-50-48-46-35-33-31-29-27-25-23-21-19-17-15-13-11-9-7-2/h8,10,14,16,20,22,25-28,32,34,37-38,40-41,43-44,47,49,80,84H,6-7,9,11-13,15,17-19,21,23-24,29-31,33,35-36,39,42,45-46,48,50-79H2,1-5H3/p+1/b10-8-,16-14-,22-20-,27-25-,28-26-,34-32-,38-37-,41-40-,44-43-,49-47-. The van der Waals surface area contributed by atoms with Gasteiger partial charge in [-0.1, -0.05) is 334 Å². The third-order valence-electron chi connectivity index (χ3n) is 16.7. The normalized spacial score (nSPS) is 13.3. The number of quaternary nitrogens is 1. The van der Waals surface area contributed by atoms with Crippen LogP contribution in [0.5, 0.6) is 0 Å². The predicted octanol–water partition coefficient (Wildman–Crippen LogP) is 24.7. The van der Waals surface area contributed by atoms with E-state index in [-0.39, 0.29) is 32.2 Å². The summed E-state index contributed by atoms with van der Waals surface area (Å²) in [5, 5.41) is 9.77. The number of carbonyl (C=O) groups is 3. The number of carboxylic acid groups (broad SMARTS) is 1. The molecule has 0 aliphatic heterocycles. The van der Waals surface area contributed by atoms with Crippen LogP contribution in [0.25, 0.3) is 0 Å². The van der Waals surface area contributed by atoms with Crippen molar-refractivity contribution < 1.29 is 42.9 Å². The largest absolute Gasteiger partial charge is 0.477 e. The molecular formula is C84H146NO8+. The number of aliphatic carboxylic acids is 1. The van der Waals surface area contributed by atoms with Crippen LogP contribution >= 0.6 is 0 Å². The van der Waals surface area contributed by atoms with E-state index in [0.29, 0.717) is 23.9 Å². The molecule has 0 bridgehead atoms. The maximum absolute atomic E-state index is 13.0. The molecule has 1 N–H and O–H groups in total. The lowest BCUT2D eigenvalue weighted by molar-refractivity contribution is -0.870. The van der Waals surface area contributed by atoms with Gasteiger partial charge in [0.15, 0.2) is 6.10 Å². The molecule has 0 amide bonds. The Hall–Kier alpha value is -4.31. The molecule has 0 aromatic rings. The molecular weight excluding hydrogens is 1150 g/mol. The maximum Gasteiger partial charge on any atom is 0.361 e. The van der Waals surface area contributed by atoms with Gasteiger partial charge in [-0.25, -0.2) is 4.79 Å². The van der Waals surface area contributed by atoms with Gasteiger partial charge < -0.3 is 28.5 Å². The fourth-order valence-electron chi connectivity index (χ4n) is 10.8. The minimum atomic E-state index is -1.52. The van der Waals surface area contributed by atoms with Crippen LogP contribution in [-0.4, -0.2) is 87.4 Å². The van der Waals surface area contributed by atoms with Gasteiger partial charge in [0.05, 0.1) is 34.4 Å². The minimum absolute atomic E-state index is 0.184. The van der Waals surface area contributed by atoms with E-state index in [1.54, 1.807) is 0 Å². The average Bonchev–Trinajstić information content (AvgIpc) is 3.38. The number of carbonyl (C=O) groups excluding carboxylic acids is 2. The Kier molecular flexibility index (Phi) is 70.1. The molecule has 0 aliphatic carbocycles. The molecule has 0 saturated carbocycles. The van der Waals surface area contributed by atoms with Crippen LogP contribution in [0.3, 0.4) is 0 Å². The first kappa shape index (κ1) is 88.7. The van der Waals surface area contributed by atoms with Crippen LogP contribution in [0.15, 0.2) is 122 Å². The molecule has 9 heteroatoms. The summed E-state index contributed by atoms with van der Waals surface area (Å²) in [6.07, 6.45) is 102. The molecule has 0 radical (unpaired) electrons. The summed E-state index contributed by atoms with van der Waals surface area (Å²) in [5.74, 6) is -2.00. The van der Waals surface area contributed by atoms with E-state index < -0.39 is 24.3 Å². The molecule has 2 atom stereocenters. The summed E-state index contributed by atoms with van der Waals surface area (Å²) in [5.41, 5.74) is 0. The number of rotatable bonds is 71. The van der Waals surface area contributed by atoms with Crippen LogP contribution < -0.4 is 0 Å². The smallest absolute Gasteiger partial charge is 0.361 e. The van der Waals surface area contributed by atoms with Crippen molar-refractivity contribution in [3.8, 4) is 0 Å². The zero-order valence-corrected chi connectivity index (χ0v) is 61.1. The lowest BCUT2D eigenvalue weighted by atomic mass is 10.0. The molecule has 0 rings (SSSR count). The molecule has 534 valence electrons. The summed E-state index contributed by atoms with van der Waals surface area (Å²) in [6, 6.07) is 0. The van der Waals surface area contributed by atoms with Crippen molar-refractivity contribution in [2.75, 3.05) is 47.5 Å². The van der Waals surface area contributed by atoms with E-state index in [1.807, 2.05) is 21.1 Å². The monoisotopic (exact) mass is 1300 g/mol. The van der Waals surface area contributed by atoms with Gasteiger partial charge in [0.25, 0.3) is 6.29 Å². The summed E-state index contributed by atoms with van der Waals surface area (Å²) in [4.78, 5) is 37.7. The second-order valence-corrected chi connectivity index (χ2v) is 26.9. The van der Waals surface area contributed by atoms with Crippen LogP contribution in [0.4, 0.5) is 0 Å². The van der Waals surface area contributed by atoms with Crippen molar-refractivity contribution in [2.24, 2.45) is 0 Å². The third kappa shape index (κ3) is 74.9. The Morgan fingerprint density at radius 1 is 0.333 bits per heavy atom. The van der Waals surface area contributed by atoms with Gasteiger partial charge in [-0.3, -0.25) is 9.59 Å². The highest BCUT2D eigenvalue weighted by Gasteiger charge is 2.25. The van der Waals surface area contributed by atoms with Crippen molar-refractivity contribution in [3.63, 3.8) is 0 Å². The zero-order chi connectivity index (χ0) is 67.5. The summed E-state index contributed by atoms with van der Waals surface area (Å²) in [6.45, 7) is 4.79. The Morgan fingerprint density at radius 3 is 0.925 bits per heavy atom. The SMILES string of the molecule is CC/C=C\C/C=C\C/C=C\C/C=C\C/C=C\C/C=C\C/C=C\C/C=C\C/C=C\CCCCCCCCCCCCCC(=O)OC(COC(=O)CCCCCCCCCCCCCCCCCCC/C=C\CCCCCCCCCC)COC(OCC[N+](C)(C)C)C(=O)O. The second kappa shape index (κ2) is 73.5. The highest BCUT2D eigenvalue weighted by atomic mass is 16.7. The maximum atomic E-state index is 13.0. The summed E-state index contributed by atoms with van der Waals surface area (Å²) < 4.78 is 23.0. The average molecular weight is 1300 g/mol. The number of unbranched alkanes of at least 4 members (excludes halogenated alkanes) is 36. The number of hydrogen-bond donors (Lipinski definition) is 1. The zero-order valence-electron chi connectivity index (χ0n) is 61.1. The summed E-state index contributed by atoms with van der Waals surface area (Å²) in [7, 11) is 5.98. The number of likely N-dealkylation sites (N-methyl/N-ethyl adjacent to an activating group) is 1. The van der Waals surface area contributed by atoms with Crippen LogP contribution in [0.1, 0.15) is 335 Å². The van der Waals surface area contributed by atoms with Gasteiger partial charge in [-0.05, 0) is 109 Å². The summed E-state index contributed by atoms with van der Waals surface area (Å²) >= 11 is 0. The predicted molar refractivity (Wildman–Crippen MR) is 401 cm³/mol. The second-order valence-electron chi connectivity index (χ2n) is 26.9. The van der Waals surface area contributed by atoms with Crippen LogP contribution in [-0.2, 0) is 33.3 Å². The molecule has 0 fully saturated rings. The van der Waals surface area contributed by atoms with Gasteiger partial charge in [0, 0.05) is 12.8 Å². The van der Waals surface area contributed by atoms with Crippen molar-refractivity contribution in [3.05, 3.63) is 122 Å². The lowest BCUT2D eigenvalue weighted by Crippen LogP contribution is -2.40.